The van der Waals surface area contributed by atoms with Gasteiger partial charge in [-0.25, -0.2) is 0 Å². The monoisotopic (exact) mass is 398 g/mol. The minimum Gasteiger partial charge on any atom is -0.463 e. The predicted molar refractivity (Wildman–Crippen MR) is 112 cm³/mol. The lowest BCUT2D eigenvalue weighted by Gasteiger charge is -2.23. The van der Waals surface area contributed by atoms with E-state index in [-0.39, 0.29) is 30.0 Å². The van der Waals surface area contributed by atoms with Gasteiger partial charge in [0.2, 0.25) is 0 Å². The molecule has 0 unspecified atom stereocenters. The zero-order valence-electron chi connectivity index (χ0n) is 18.1. The molecule has 0 amide bonds. The number of hydrogen-bond acceptors (Lipinski definition) is 5. The number of unbranched alkanes of at least 4 members (excludes halogenated alkanes) is 3. The number of carbonyl (C=O) groups excluding carboxylic acids is 1. The molecule has 28 heavy (non-hydrogen) atoms. The highest BCUT2D eigenvalue weighted by Crippen LogP contribution is 2.38. The lowest BCUT2D eigenvalue weighted by molar-refractivity contribution is -0.147. The van der Waals surface area contributed by atoms with Crippen LogP contribution in [0.5, 0.6) is 0 Å². The van der Waals surface area contributed by atoms with E-state index in [1.54, 1.807) is 0 Å². The molecule has 5 nitrogen and oxygen atoms in total. The van der Waals surface area contributed by atoms with Crippen molar-refractivity contribution in [1.82, 2.24) is 0 Å². The van der Waals surface area contributed by atoms with Crippen molar-refractivity contribution >= 4 is 5.97 Å². The van der Waals surface area contributed by atoms with E-state index in [0.717, 1.165) is 51.4 Å². The first kappa shape index (κ1) is 25.1. The molecular formula is C23H42O5. The van der Waals surface area contributed by atoms with Crippen molar-refractivity contribution in [1.29, 1.82) is 0 Å². The molecule has 0 aromatic heterocycles. The fourth-order valence-corrected chi connectivity index (χ4v) is 4.12. The summed E-state index contributed by atoms with van der Waals surface area (Å²) in [7, 11) is 0. The zero-order chi connectivity index (χ0) is 20.9. The second kappa shape index (κ2) is 14.1. The summed E-state index contributed by atoms with van der Waals surface area (Å²) >= 11 is 0. The number of carbonyl (C=O) groups is 1. The van der Waals surface area contributed by atoms with Gasteiger partial charge in [0.25, 0.3) is 0 Å². The Balaban J connectivity index is 2.33. The zero-order valence-corrected chi connectivity index (χ0v) is 18.1. The van der Waals surface area contributed by atoms with E-state index in [9.17, 15) is 20.1 Å². The van der Waals surface area contributed by atoms with Gasteiger partial charge in [-0.3, -0.25) is 4.79 Å². The third kappa shape index (κ3) is 10.0. The van der Waals surface area contributed by atoms with Gasteiger partial charge in [0.15, 0.2) is 0 Å². The minimum atomic E-state index is -0.484. The van der Waals surface area contributed by atoms with E-state index in [2.05, 4.69) is 19.1 Å². The summed E-state index contributed by atoms with van der Waals surface area (Å²) in [5.74, 6) is -0.0724. The maximum Gasteiger partial charge on any atom is 0.306 e. The van der Waals surface area contributed by atoms with Gasteiger partial charge in [-0.05, 0) is 70.6 Å². The highest BCUT2D eigenvalue weighted by Gasteiger charge is 2.40. The quantitative estimate of drug-likeness (QED) is 0.233. The standard InChI is InChI=1S/C23H42O5/c1-4-5-8-11-18(24)14-15-20-19(21(25)16-22(20)26)12-9-6-7-10-13-23(27)28-17(2)3/h6,9,17-22,24-26H,4-5,7-8,10-16H2,1-3H3/b9-6-/t18-,19+,20+,21-,22+/m0/s1. The minimum absolute atomic E-state index is 0.0417. The Morgan fingerprint density at radius 2 is 1.79 bits per heavy atom. The van der Waals surface area contributed by atoms with Gasteiger partial charge in [-0.1, -0.05) is 38.3 Å². The first-order chi connectivity index (χ1) is 13.3. The van der Waals surface area contributed by atoms with Crippen LogP contribution >= 0.6 is 0 Å². The van der Waals surface area contributed by atoms with Crippen LogP contribution < -0.4 is 0 Å². The Hall–Kier alpha value is -0.910. The van der Waals surface area contributed by atoms with Crippen LogP contribution in [0.4, 0.5) is 0 Å². The molecule has 1 aliphatic carbocycles. The molecule has 3 N–H and O–H groups in total. The molecule has 5 atom stereocenters. The Labute approximate surface area is 171 Å². The highest BCUT2D eigenvalue weighted by molar-refractivity contribution is 5.69. The van der Waals surface area contributed by atoms with E-state index in [4.69, 9.17) is 4.74 Å². The van der Waals surface area contributed by atoms with Crippen LogP contribution in [0.25, 0.3) is 0 Å². The molecule has 0 spiro atoms. The summed E-state index contributed by atoms with van der Waals surface area (Å²) in [6, 6.07) is 0. The normalized spacial score (nSPS) is 26.2. The molecule has 164 valence electrons. The van der Waals surface area contributed by atoms with Gasteiger partial charge in [-0.2, -0.15) is 0 Å². The molecule has 1 fully saturated rings. The molecule has 1 saturated carbocycles. The van der Waals surface area contributed by atoms with Crippen LogP contribution in [0.2, 0.25) is 0 Å². The molecule has 0 bridgehead atoms. The van der Waals surface area contributed by atoms with Crippen LogP contribution in [0.1, 0.15) is 91.4 Å². The van der Waals surface area contributed by atoms with Crippen molar-refractivity contribution in [3.8, 4) is 0 Å². The lowest BCUT2D eigenvalue weighted by atomic mass is 9.85. The van der Waals surface area contributed by atoms with E-state index >= 15 is 0 Å². The Morgan fingerprint density at radius 3 is 2.46 bits per heavy atom. The number of ether oxygens (including phenoxy) is 1. The van der Waals surface area contributed by atoms with Gasteiger partial charge in [0, 0.05) is 6.42 Å². The first-order valence-electron chi connectivity index (χ1n) is 11.2. The number of rotatable bonds is 14. The third-order valence-corrected chi connectivity index (χ3v) is 5.69. The summed E-state index contributed by atoms with van der Waals surface area (Å²) in [6.45, 7) is 5.84. The second-order valence-corrected chi connectivity index (χ2v) is 8.56. The Morgan fingerprint density at radius 1 is 1.07 bits per heavy atom. The maximum atomic E-state index is 11.5. The van der Waals surface area contributed by atoms with Gasteiger partial charge in [0.05, 0.1) is 24.4 Å². The molecule has 0 aromatic carbocycles. The Kier molecular flexibility index (Phi) is 12.7. The molecule has 0 heterocycles. The number of esters is 1. The van der Waals surface area contributed by atoms with Crippen molar-refractivity contribution in [3.05, 3.63) is 12.2 Å². The van der Waals surface area contributed by atoms with E-state index in [0.29, 0.717) is 19.3 Å². The molecule has 0 saturated heterocycles. The fourth-order valence-electron chi connectivity index (χ4n) is 4.12. The molecule has 0 radical (unpaired) electrons. The largest absolute Gasteiger partial charge is 0.463 e. The topological polar surface area (TPSA) is 87.0 Å². The highest BCUT2D eigenvalue weighted by atomic mass is 16.5. The average molecular weight is 399 g/mol. The summed E-state index contributed by atoms with van der Waals surface area (Å²) in [5, 5.41) is 30.8. The van der Waals surface area contributed by atoms with Gasteiger partial charge in [-0.15, -0.1) is 0 Å². The molecule has 1 rings (SSSR count). The van der Waals surface area contributed by atoms with E-state index < -0.39 is 12.2 Å². The average Bonchev–Trinajstić information content (AvgIpc) is 2.88. The molecule has 0 aromatic rings. The lowest BCUT2D eigenvalue weighted by Crippen LogP contribution is -2.23. The summed E-state index contributed by atoms with van der Waals surface area (Å²) in [4.78, 5) is 11.5. The third-order valence-electron chi connectivity index (χ3n) is 5.69. The maximum absolute atomic E-state index is 11.5. The smallest absolute Gasteiger partial charge is 0.306 e. The van der Waals surface area contributed by atoms with Crippen LogP contribution in [-0.2, 0) is 9.53 Å². The van der Waals surface area contributed by atoms with Crippen molar-refractivity contribution in [2.75, 3.05) is 0 Å². The predicted octanol–water partition coefficient (Wildman–Crippen LogP) is 4.13. The fraction of sp³-hybridized carbons (Fsp3) is 0.870. The van der Waals surface area contributed by atoms with Crippen molar-refractivity contribution < 1.29 is 24.9 Å². The first-order valence-corrected chi connectivity index (χ1v) is 11.2. The van der Waals surface area contributed by atoms with Crippen molar-refractivity contribution in [2.45, 2.75) is 116 Å². The number of allylic oxidation sites excluding steroid dienone is 2. The van der Waals surface area contributed by atoms with Crippen LogP contribution in [-0.4, -0.2) is 45.7 Å². The van der Waals surface area contributed by atoms with Crippen LogP contribution in [0.3, 0.4) is 0 Å². The summed E-state index contributed by atoms with van der Waals surface area (Å²) in [6.07, 6.45) is 11.5. The van der Waals surface area contributed by atoms with Crippen LogP contribution in [0, 0.1) is 11.8 Å². The second-order valence-electron chi connectivity index (χ2n) is 8.56. The molecule has 0 aliphatic heterocycles. The number of aliphatic hydroxyl groups is 3. The van der Waals surface area contributed by atoms with E-state index in [1.807, 2.05) is 13.8 Å². The summed E-state index contributed by atoms with van der Waals surface area (Å²) < 4.78 is 5.11. The van der Waals surface area contributed by atoms with Crippen molar-refractivity contribution in [3.63, 3.8) is 0 Å². The van der Waals surface area contributed by atoms with Crippen molar-refractivity contribution in [2.24, 2.45) is 11.8 Å². The van der Waals surface area contributed by atoms with Gasteiger partial charge in [0.1, 0.15) is 0 Å². The van der Waals surface area contributed by atoms with Gasteiger partial charge >= 0.3 is 5.97 Å². The van der Waals surface area contributed by atoms with Crippen LogP contribution in [0.15, 0.2) is 12.2 Å². The molecule has 5 heteroatoms. The molecular weight excluding hydrogens is 356 g/mol. The number of aliphatic hydroxyl groups excluding tert-OH is 3. The Bertz CT molecular complexity index is 448. The molecule has 1 aliphatic rings. The number of hydrogen-bond donors (Lipinski definition) is 3. The van der Waals surface area contributed by atoms with Gasteiger partial charge < -0.3 is 20.1 Å². The summed E-state index contributed by atoms with van der Waals surface area (Å²) in [5.41, 5.74) is 0. The SMILES string of the molecule is CCCCC[C@H](O)CC[C@@H]1[C@@H](C/C=C\CCCC(=O)OC(C)C)[C@@H](O)C[C@H]1O. The van der Waals surface area contributed by atoms with E-state index in [1.165, 1.54) is 0 Å².